The minimum absolute atomic E-state index is 0.287. The van der Waals surface area contributed by atoms with E-state index >= 15 is 0 Å². The van der Waals surface area contributed by atoms with Crippen LogP contribution < -0.4 is 5.32 Å². The van der Waals surface area contributed by atoms with E-state index in [0.29, 0.717) is 19.6 Å². The van der Waals surface area contributed by atoms with Gasteiger partial charge in [-0.15, -0.1) is 0 Å². The first kappa shape index (κ1) is 15.2. The van der Waals surface area contributed by atoms with Gasteiger partial charge >= 0.3 is 0 Å². The van der Waals surface area contributed by atoms with E-state index in [2.05, 4.69) is 5.32 Å². The highest BCUT2D eigenvalue weighted by Crippen LogP contribution is 2.36. The Morgan fingerprint density at radius 1 is 1.14 bits per heavy atom. The van der Waals surface area contributed by atoms with Crippen LogP contribution in [0.15, 0.2) is 54.6 Å². The van der Waals surface area contributed by atoms with Crippen molar-refractivity contribution in [3.05, 3.63) is 71.5 Å². The van der Waals surface area contributed by atoms with Crippen molar-refractivity contribution >= 4 is 0 Å². The fourth-order valence-corrected chi connectivity index (χ4v) is 2.95. The highest BCUT2D eigenvalue weighted by Gasteiger charge is 2.42. The van der Waals surface area contributed by atoms with E-state index in [9.17, 15) is 9.50 Å². The van der Waals surface area contributed by atoms with Crippen molar-refractivity contribution in [3.63, 3.8) is 0 Å². The van der Waals surface area contributed by atoms with Crippen LogP contribution in [0.2, 0.25) is 0 Å². The molecule has 1 saturated heterocycles. The van der Waals surface area contributed by atoms with E-state index in [-0.39, 0.29) is 5.82 Å². The van der Waals surface area contributed by atoms with Crippen LogP contribution in [0.25, 0.3) is 0 Å². The zero-order valence-corrected chi connectivity index (χ0v) is 12.3. The van der Waals surface area contributed by atoms with Gasteiger partial charge < -0.3 is 15.2 Å². The number of halogens is 1. The Balaban J connectivity index is 1.87. The molecule has 0 spiro atoms. The largest absolute Gasteiger partial charge is 0.388 e. The van der Waals surface area contributed by atoms with Crippen molar-refractivity contribution in [2.45, 2.75) is 24.7 Å². The summed E-state index contributed by atoms with van der Waals surface area (Å²) in [5.41, 5.74) is 1.07. The fourth-order valence-electron chi connectivity index (χ4n) is 2.95. The first-order valence-electron chi connectivity index (χ1n) is 7.53. The lowest BCUT2D eigenvalue weighted by Gasteiger charge is -2.42. The Labute approximate surface area is 129 Å². The molecule has 0 radical (unpaired) electrons. The van der Waals surface area contributed by atoms with Gasteiger partial charge in [-0.05, 0) is 36.2 Å². The molecule has 22 heavy (non-hydrogen) atoms. The van der Waals surface area contributed by atoms with Gasteiger partial charge in [0.05, 0.1) is 12.7 Å². The number of aliphatic hydroxyl groups is 1. The van der Waals surface area contributed by atoms with E-state index < -0.39 is 11.7 Å². The van der Waals surface area contributed by atoms with Crippen LogP contribution in [0.1, 0.15) is 17.5 Å². The van der Waals surface area contributed by atoms with Crippen LogP contribution in [0.4, 0.5) is 4.39 Å². The summed E-state index contributed by atoms with van der Waals surface area (Å²) in [7, 11) is 0. The molecule has 2 atom stereocenters. The molecule has 0 aromatic heterocycles. The van der Waals surface area contributed by atoms with Crippen molar-refractivity contribution in [2.24, 2.45) is 0 Å². The standard InChI is InChI=1S/C18H20FNO2/c19-16-8-6-15(7-9-16)18(10-11-20-12-17(18)21)22-13-14-4-2-1-3-5-14/h1-9,17,20-21H,10-13H2/t17-,18-/m1/s1. The first-order chi connectivity index (χ1) is 10.7. The lowest BCUT2D eigenvalue weighted by atomic mass is 9.82. The van der Waals surface area contributed by atoms with E-state index in [1.165, 1.54) is 12.1 Å². The molecule has 1 aliphatic rings. The molecular formula is C18H20FNO2. The zero-order chi connectivity index (χ0) is 15.4. The van der Waals surface area contributed by atoms with Gasteiger partial charge in [-0.3, -0.25) is 0 Å². The summed E-state index contributed by atoms with van der Waals surface area (Å²) >= 11 is 0. The summed E-state index contributed by atoms with van der Waals surface area (Å²) in [5.74, 6) is -0.287. The van der Waals surface area contributed by atoms with Gasteiger partial charge in [0, 0.05) is 6.54 Å². The lowest BCUT2D eigenvalue weighted by Crippen LogP contribution is -2.53. The van der Waals surface area contributed by atoms with Gasteiger partial charge in [-0.1, -0.05) is 42.5 Å². The fraction of sp³-hybridized carbons (Fsp3) is 0.333. The molecule has 116 valence electrons. The molecule has 3 nitrogen and oxygen atoms in total. The highest BCUT2D eigenvalue weighted by atomic mass is 19.1. The third-order valence-corrected chi connectivity index (χ3v) is 4.22. The van der Waals surface area contributed by atoms with Crippen LogP contribution in [-0.2, 0) is 16.9 Å². The molecule has 2 N–H and O–H groups in total. The highest BCUT2D eigenvalue weighted by molar-refractivity contribution is 5.26. The van der Waals surface area contributed by atoms with Gasteiger partial charge in [-0.25, -0.2) is 4.39 Å². The van der Waals surface area contributed by atoms with E-state index in [1.807, 2.05) is 30.3 Å². The van der Waals surface area contributed by atoms with E-state index in [1.54, 1.807) is 12.1 Å². The number of β-amino-alcohol motifs (C(OH)–C–C–N with tert-alkyl or cyclic N) is 1. The second-order valence-corrected chi connectivity index (χ2v) is 5.64. The van der Waals surface area contributed by atoms with Crippen LogP contribution in [0.5, 0.6) is 0 Å². The molecule has 0 bridgehead atoms. The van der Waals surface area contributed by atoms with Crippen LogP contribution in [-0.4, -0.2) is 24.3 Å². The zero-order valence-electron chi connectivity index (χ0n) is 12.3. The average Bonchev–Trinajstić information content (AvgIpc) is 2.56. The third-order valence-electron chi connectivity index (χ3n) is 4.22. The van der Waals surface area contributed by atoms with Crippen molar-refractivity contribution in [2.75, 3.05) is 13.1 Å². The maximum atomic E-state index is 13.2. The second kappa shape index (κ2) is 6.57. The quantitative estimate of drug-likeness (QED) is 0.912. The molecule has 0 amide bonds. The molecular weight excluding hydrogens is 281 g/mol. The summed E-state index contributed by atoms with van der Waals surface area (Å²) < 4.78 is 19.4. The van der Waals surface area contributed by atoms with Gasteiger partial charge in [-0.2, -0.15) is 0 Å². The average molecular weight is 301 g/mol. The van der Waals surface area contributed by atoms with Gasteiger partial charge in [0.15, 0.2) is 0 Å². The van der Waals surface area contributed by atoms with Gasteiger partial charge in [0.1, 0.15) is 11.4 Å². The lowest BCUT2D eigenvalue weighted by molar-refractivity contribution is -0.152. The predicted octanol–water partition coefficient (Wildman–Crippen LogP) is 2.59. The van der Waals surface area contributed by atoms with Crippen molar-refractivity contribution in [1.82, 2.24) is 5.32 Å². The number of nitrogens with one attached hydrogen (secondary N) is 1. The summed E-state index contributed by atoms with van der Waals surface area (Å²) in [6.45, 7) is 1.63. The molecule has 1 heterocycles. The predicted molar refractivity (Wildman–Crippen MR) is 82.8 cm³/mol. The second-order valence-electron chi connectivity index (χ2n) is 5.64. The maximum Gasteiger partial charge on any atom is 0.123 e. The van der Waals surface area contributed by atoms with Gasteiger partial charge in [0.25, 0.3) is 0 Å². The third kappa shape index (κ3) is 3.04. The minimum atomic E-state index is -0.797. The normalized spacial score (nSPS) is 25.1. The molecule has 2 aromatic carbocycles. The Bertz CT molecular complexity index is 602. The van der Waals surface area contributed by atoms with Gasteiger partial charge in [0.2, 0.25) is 0 Å². The number of hydrogen-bond acceptors (Lipinski definition) is 3. The molecule has 1 aliphatic heterocycles. The number of piperidine rings is 1. The van der Waals surface area contributed by atoms with Crippen molar-refractivity contribution < 1.29 is 14.2 Å². The molecule has 0 saturated carbocycles. The van der Waals surface area contributed by atoms with Crippen LogP contribution in [0, 0.1) is 5.82 Å². The molecule has 1 fully saturated rings. The molecule has 2 aromatic rings. The summed E-state index contributed by atoms with van der Waals surface area (Å²) in [6, 6.07) is 16.1. The SMILES string of the molecule is O[C@@H]1CNCC[C@@]1(OCc1ccccc1)c1ccc(F)cc1. The Morgan fingerprint density at radius 3 is 2.55 bits per heavy atom. The summed E-state index contributed by atoms with van der Waals surface area (Å²) in [6.07, 6.45) is -0.0254. The number of aliphatic hydroxyl groups excluding tert-OH is 1. The summed E-state index contributed by atoms with van der Waals surface area (Å²) in [5, 5.41) is 13.7. The van der Waals surface area contributed by atoms with Crippen molar-refractivity contribution in [3.8, 4) is 0 Å². The van der Waals surface area contributed by atoms with E-state index in [0.717, 1.165) is 17.7 Å². The van der Waals surface area contributed by atoms with E-state index in [4.69, 9.17) is 4.74 Å². The molecule has 3 rings (SSSR count). The Hall–Kier alpha value is -1.75. The maximum absolute atomic E-state index is 13.2. The molecule has 4 heteroatoms. The Kier molecular flexibility index (Phi) is 4.52. The van der Waals surface area contributed by atoms with Crippen LogP contribution >= 0.6 is 0 Å². The number of rotatable bonds is 4. The molecule has 0 aliphatic carbocycles. The number of hydrogen-bond donors (Lipinski definition) is 2. The minimum Gasteiger partial charge on any atom is -0.388 e. The number of ether oxygens (including phenoxy) is 1. The molecule has 0 unspecified atom stereocenters. The van der Waals surface area contributed by atoms with Crippen LogP contribution in [0.3, 0.4) is 0 Å². The summed E-state index contributed by atoms with van der Waals surface area (Å²) in [4.78, 5) is 0. The first-order valence-corrected chi connectivity index (χ1v) is 7.53. The number of benzene rings is 2. The smallest absolute Gasteiger partial charge is 0.123 e. The topological polar surface area (TPSA) is 41.5 Å². The van der Waals surface area contributed by atoms with Crippen molar-refractivity contribution in [1.29, 1.82) is 0 Å². The monoisotopic (exact) mass is 301 g/mol. The Morgan fingerprint density at radius 2 is 1.86 bits per heavy atom.